The summed E-state index contributed by atoms with van der Waals surface area (Å²) in [5.74, 6) is -0.0580. The van der Waals surface area contributed by atoms with Crippen LogP contribution in [0, 0.1) is 0 Å². The summed E-state index contributed by atoms with van der Waals surface area (Å²) < 4.78 is 31.3. The Kier molecular flexibility index (Phi) is 4.77. The number of anilines is 1. The average Bonchev–Trinajstić information content (AvgIpc) is 2.91. The van der Waals surface area contributed by atoms with Gasteiger partial charge in [0.15, 0.2) is 0 Å². The van der Waals surface area contributed by atoms with Crippen LogP contribution in [0.5, 0.6) is 11.5 Å². The molecule has 0 fully saturated rings. The fourth-order valence-corrected chi connectivity index (χ4v) is 4.47. The Morgan fingerprint density at radius 1 is 0.862 bits per heavy atom. The lowest BCUT2D eigenvalue weighted by molar-refractivity contribution is -0.116. The predicted octanol–water partition coefficient (Wildman–Crippen LogP) is 3.26. The third-order valence-corrected chi connectivity index (χ3v) is 6.10. The van der Waals surface area contributed by atoms with Crippen LogP contribution in [-0.4, -0.2) is 31.1 Å². The van der Waals surface area contributed by atoms with Crippen LogP contribution in [0.1, 0.15) is 10.4 Å². The molecule has 0 bridgehead atoms. The van der Waals surface area contributed by atoms with Crippen molar-refractivity contribution in [2.24, 2.45) is 0 Å². The van der Waals surface area contributed by atoms with Crippen LogP contribution in [-0.2, 0) is 14.8 Å². The van der Waals surface area contributed by atoms with Crippen molar-refractivity contribution in [1.82, 2.24) is 4.31 Å². The zero-order chi connectivity index (χ0) is 20.4. The number of rotatable bonds is 5. The normalized spacial score (nSPS) is 14.3. The summed E-state index contributed by atoms with van der Waals surface area (Å²) in [6.45, 7) is -0.599. The third-order valence-electron chi connectivity index (χ3n) is 4.32. The number of carbonyl (C=O) groups is 2. The number of nitrogens with zero attached hydrogens (tertiary/aromatic N) is 1. The Morgan fingerprint density at radius 2 is 1.48 bits per heavy atom. The number of hydrogen-bond donors (Lipinski definition) is 1. The van der Waals surface area contributed by atoms with Crippen LogP contribution in [0.15, 0.2) is 83.8 Å². The van der Waals surface area contributed by atoms with Gasteiger partial charge < -0.3 is 10.1 Å². The minimum absolute atomic E-state index is 0.0720. The molecule has 7 nitrogen and oxygen atoms in total. The number of ether oxygens (including phenoxy) is 1. The molecular weight excluding hydrogens is 392 g/mol. The van der Waals surface area contributed by atoms with Crippen LogP contribution in [0.4, 0.5) is 5.69 Å². The average molecular weight is 408 g/mol. The Labute approximate surface area is 167 Å². The number of sulfonamides is 1. The van der Waals surface area contributed by atoms with E-state index in [1.54, 1.807) is 30.3 Å². The van der Waals surface area contributed by atoms with E-state index in [9.17, 15) is 18.0 Å². The second-order valence-electron chi connectivity index (χ2n) is 6.30. The van der Waals surface area contributed by atoms with E-state index in [0.717, 1.165) is 0 Å². The molecule has 1 aliphatic rings. The highest BCUT2D eigenvalue weighted by Crippen LogP contribution is 2.29. The number of carbonyl (C=O) groups excluding carboxylic acids is 2. The number of hydrogen-bond acceptors (Lipinski definition) is 5. The molecule has 0 spiro atoms. The van der Waals surface area contributed by atoms with Crippen LogP contribution >= 0.6 is 0 Å². The molecule has 3 aromatic carbocycles. The second-order valence-corrected chi connectivity index (χ2v) is 8.13. The minimum Gasteiger partial charge on any atom is -0.457 e. The van der Waals surface area contributed by atoms with Gasteiger partial charge in [0.25, 0.3) is 15.9 Å². The van der Waals surface area contributed by atoms with E-state index >= 15 is 0 Å². The van der Waals surface area contributed by atoms with Gasteiger partial charge in [-0.1, -0.05) is 30.3 Å². The maximum absolute atomic E-state index is 12.5. The van der Waals surface area contributed by atoms with E-state index in [1.165, 1.54) is 18.2 Å². The van der Waals surface area contributed by atoms with E-state index in [-0.39, 0.29) is 10.5 Å². The van der Waals surface area contributed by atoms with Crippen molar-refractivity contribution >= 4 is 27.5 Å². The molecule has 0 radical (unpaired) electrons. The van der Waals surface area contributed by atoms with Gasteiger partial charge in [0.2, 0.25) is 5.91 Å². The zero-order valence-corrected chi connectivity index (χ0v) is 15.9. The lowest BCUT2D eigenvalue weighted by Crippen LogP contribution is -2.37. The summed E-state index contributed by atoms with van der Waals surface area (Å²) in [6.07, 6.45) is 0. The number of para-hydroxylation sites is 1. The predicted molar refractivity (Wildman–Crippen MR) is 106 cm³/mol. The maximum atomic E-state index is 12.5. The van der Waals surface area contributed by atoms with Gasteiger partial charge in [0.05, 0.1) is 5.56 Å². The molecule has 3 aromatic rings. The first-order chi connectivity index (χ1) is 13.9. The lowest BCUT2D eigenvalue weighted by Gasteiger charge is -2.15. The van der Waals surface area contributed by atoms with Crippen molar-refractivity contribution < 1.29 is 22.7 Å². The van der Waals surface area contributed by atoms with Crippen LogP contribution in [0.3, 0.4) is 0 Å². The quantitative estimate of drug-likeness (QED) is 0.700. The van der Waals surface area contributed by atoms with Crippen molar-refractivity contribution in [3.63, 3.8) is 0 Å². The molecule has 2 amide bonds. The van der Waals surface area contributed by atoms with Crippen molar-refractivity contribution in [2.75, 3.05) is 11.9 Å². The molecule has 0 saturated heterocycles. The van der Waals surface area contributed by atoms with Gasteiger partial charge in [-0.3, -0.25) is 9.59 Å². The topological polar surface area (TPSA) is 92.8 Å². The Morgan fingerprint density at radius 3 is 2.17 bits per heavy atom. The third kappa shape index (κ3) is 3.70. The first-order valence-electron chi connectivity index (χ1n) is 8.74. The lowest BCUT2D eigenvalue weighted by atomic mass is 10.2. The molecule has 0 aromatic heterocycles. The molecule has 0 aliphatic carbocycles. The molecule has 29 heavy (non-hydrogen) atoms. The van der Waals surface area contributed by atoms with Gasteiger partial charge in [-0.25, -0.2) is 12.7 Å². The van der Waals surface area contributed by atoms with Crippen molar-refractivity contribution in [3.05, 3.63) is 84.4 Å². The summed E-state index contributed by atoms with van der Waals surface area (Å²) >= 11 is 0. The van der Waals surface area contributed by atoms with Crippen molar-refractivity contribution in [2.45, 2.75) is 4.90 Å². The van der Waals surface area contributed by atoms with E-state index in [2.05, 4.69) is 5.32 Å². The van der Waals surface area contributed by atoms with E-state index < -0.39 is 28.4 Å². The van der Waals surface area contributed by atoms with Gasteiger partial charge in [-0.05, 0) is 48.5 Å². The van der Waals surface area contributed by atoms with Gasteiger partial charge in [0.1, 0.15) is 22.9 Å². The summed E-state index contributed by atoms with van der Waals surface area (Å²) in [5, 5.41) is 2.59. The van der Waals surface area contributed by atoms with Gasteiger partial charge in [0, 0.05) is 5.69 Å². The van der Waals surface area contributed by atoms with Gasteiger partial charge in [-0.2, -0.15) is 0 Å². The van der Waals surface area contributed by atoms with Crippen LogP contribution in [0.25, 0.3) is 0 Å². The highest BCUT2D eigenvalue weighted by molar-refractivity contribution is 7.90. The first-order valence-corrected chi connectivity index (χ1v) is 10.2. The van der Waals surface area contributed by atoms with E-state index in [4.69, 9.17) is 4.74 Å². The maximum Gasteiger partial charge on any atom is 0.269 e. The highest BCUT2D eigenvalue weighted by atomic mass is 32.2. The molecule has 0 unspecified atom stereocenters. The smallest absolute Gasteiger partial charge is 0.269 e. The second kappa shape index (κ2) is 7.40. The summed E-state index contributed by atoms with van der Waals surface area (Å²) in [7, 11) is -4.02. The molecule has 0 atom stereocenters. The van der Waals surface area contributed by atoms with Crippen molar-refractivity contribution in [1.29, 1.82) is 0 Å². The molecule has 0 saturated carbocycles. The van der Waals surface area contributed by atoms with Crippen molar-refractivity contribution in [3.8, 4) is 11.5 Å². The number of amides is 2. The molecular formula is C21H16N2O5S. The first kappa shape index (κ1) is 18.7. The Hall–Kier alpha value is -3.65. The van der Waals surface area contributed by atoms with Crippen LogP contribution in [0.2, 0.25) is 0 Å². The monoisotopic (exact) mass is 408 g/mol. The molecule has 4 rings (SSSR count). The summed E-state index contributed by atoms with van der Waals surface area (Å²) in [6, 6.07) is 21.7. The minimum atomic E-state index is -4.02. The summed E-state index contributed by atoms with van der Waals surface area (Å²) in [4.78, 5) is 24.6. The Balaban J connectivity index is 1.42. The molecule has 1 N–H and O–H groups in total. The van der Waals surface area contributed by atoms with E-state index in [1.807, 2.05) is 30.3 Å². The SMILES string of the molecule is O=C(CN1C(=O)c2ccccc2S1(=O)=O)Nc1ccc(Oc2ccccc2)cc1. The standard InChI is InChI=1S/C21H16N2O5S/c24-20(14-23-21(25)18-8-4-5-9-19(18)29(23,26)27)22-15-10-12-17(13-11-15)28-16-6-2-1-3-7-16/h1-13H,14H2,(H,22,24). The largest absolute Gasteiger partial charge is 0.457 e. The number of fused-ring (bicyclic) bond motifs is 1. The fraction of sp³-hybridized carbons (Fsp3) is 0.0476. The number of benzene rings is 3. The highest BCUT2D eigenvalue weighted by Gasteiger charge is 2.41. The molecule has 1 heterocycles. The fourth-order valence-electron chi connectivity index (χ4n) is 2.95. The Bertz CT molecular complexity index is 1180. The van der Waals surface area contributed by atoms with E-state index in [0.29, 0.717) is 21.5 Å². The number of nitrogens with one attached hydrogen (secondary N) is 1. The summed E-state index contributed by atoms with van der Waals surface area (Å²) in [5.41, 5.74) is 0.527. The molecule has 146 valence electrons. The zero-order valence-electron chi connectivity index (χ0n) is 15.1. The van der Waals surface area contributed by atoms with Crippen LogP contribution < -0.4 is 10.1 Å². The molecule has 1 aliphatic heterocycles. The van der Waals surface area contributed by atoms with Gasteiger partial charge >= 0.3 is 0 Å². The molecule has 8 heteroatoms. The van der Waals surface area contributed by atoms with Gasteiger partial charge in [-0.15, -0.1) is 0 Å².